The number of carbonyl (C=O) groups is 1. The van der Waals surface area contributed by atoms with Gasteiger partial charge in [-0.15, -0.1) is 0 Å². The Hall–Kier alpha value is -1.58. The summed E-state index contributed by atoms with van der Waals surface area (Å²) in [6, 6.07) is 0.577. The van der Waals surface area contributed by atoms with Crippen LogP contribution < -0.4 is 0 Å². The van der Waals surface area contributed by atoms with Crippen LogP contribution in [0.2, 0.25) is 0 Å². The molecule has 1 N–H and O–H groups in total. The minimum atomic E-state index is -0.981. The molecule has 4 nitrogen and oxygen atoms in total. The van der Waals surface area contributed by atoms with E-state index >= 15 is 0 Å². The van der Waals surface area contributed by atoms with Gasteiger partial charge in [0.15, 0.2) is 0 Å². The minimum absolute atomic E-state index is 0.577. The van der Waals surface area contributed by atoms with Crippen molar-refractivity contribution in [3.05, 3.63) is 24.8 Å². The van der Waals surface area contributed by atoms with Crippen molar-refractivity contribution < 1.29 is 9.90 Å². The third-order valence-electron chi connectivity index (χ3n) is 5.48. The van der Waals surface area contributed by atoms with E-state index in [1.807, 2.05) is 0 Å². The number of hydrogen-bond donors (Lipinski definition) is 1. The summed E-state index contributed by atoms with van der Waals surface area (Å²) in [5.74, 6) is -0.981. The topological polar surface area (TPSA) is 52.9 Å². The zero-order chi connectivity index (χ0) is 22.3. The molecule has 0 amide bonds. The molecule has 0 aromatic heterocycles. The highest BCUT2D eigenvalue weighted by atomic mass is 16.4. The molecule has 1 unspecified atom stereocenters. The first-order chi connectivity index (χ1) is 14.7. The van der Waals surface area contributed by atoms with Gasteiger partial charge < -0.3 is 10.0 Å². The maximum Gasteiger partial charge on any atom is 0.327 e. The zero-order valence-corrected chi connectivity index (χ0v) is 19.9. The molecular formula is C26H48N2O2. The van der Waals surface area contributed by atoms with Crippen LogP contribution in [0.1, 0.15) is 110 Å². The van der Waals surface area contributed by atoms with E-state index in [9.17, 15) is 4.79 Å². The van der Waals surface area contributed by atoms with Crippen molar-refractivity contribution in [2.75, 3.05) is 13.1 Å². The molecule has 0 radical (unpaired) electrons. The highest BCUT2D eigenvalue weighted by Crippen LogP contribution is 2.14. The van der Waals surface area contributed by atoms with Gasteiger partial charge in [0.25, 0.3) is 0 Å². The van der Waals surface area contributed by atoms with E-state index in [2.05, 4.69) is 48.8 Å². The lowest BCUT2D eigenvalue weighted by Gasteiger charge is -2.23. The van der Waals surface area contributed by atoms with Crippen LogP contribution in [0.5, 0.6) is 0 Å². The second kappa shape index (κ2) is 22.1. The van der Waals surface area contributed by atoms with Crippen molar-refractivity contribution in [1.29, 1.82) is 0 Å². The van der Waals surface area contributed by atoms with E-state index in [4.69, 9.17) is 5.11 Å². The smallest absolute Gasteiger partial charge is 0.327 e. The van der Waals surface area contributed by atoms with Crippen molar-refractivity contribution in [3.8, 4) is 0 Å². The first kappa shape index (κ1) is 28.4. The molecule has 0 aromatic carbocycles. The zero-order valence-electron chi connectivity index (χ0n) is 19.9. The molecule has 1 aliphatic heterocycles. The van der Waals surface area contributed by atoms with Crippen molar-refractivity contribution >= 4 is 12.3 Å². The van der Waals surface area contributed by atoms with Crippen LogP contribution >= 0.6 is 0 Å². The van der Waals surface area contributed by atoms with E-state index in [0.29, 0.717) is 6.04 Å². The fraction of sp³-hybridized carbons (Fsp3) is 0.769. The normalized spacial score (nSPS) is 14.0. The lowest BCUT2D eigenvalue weighted by atomic mass is 10.0. The molecule has 0 aromatic rings. The lowest BCUT2D eigenvalue weighted by molar-refractivity contribution is -0.131. The van der Waals surface area contributed by atoms with Crippen LogP contribution in [0.3, 0.4) is 0 Å². The minimum Gasteiger partial charge on any atom is -0.478 e. The highest BCUT2D eigenvalue weighted by Gasteiger charge is 2.14. The standard InChI is InChI=1S/C23H44N2.C3H4O2/c1-3-5-6-7-8-9-10-11-12-13-14-15-16-17-19-23(18-4-2)25-21-20-24-22-25;1-2-3(4)5/h17,19,22-23H,3-16,18,20-21H2,1-2H3;2H,1H2,(H,4,5). The molecule has 1 heterocycles. The molecule has 174 valence electrons. The molecule has 1 rings (SSSR count). The van der Waals surface area contributed by atoms with Gasteiger partial charge in [-0.05, 0) is 19.3 Å². The largest absolute Gasteiger partial charge is 0.478 e. The Labute approximate surface area is 186 Å². The molecule has 1 atom stereocenters. The van der Waals surface area contributed by atoms with Gasteiger partial charge in [-0.25, -0.2) is 4.79 Å². The number of carboxylic acid groups (broad SMARTS) is 1. The van der Waals surface area contributed by atoms with Crippen molar-refractivity contribution in [3.63, 3.8) is 0 Å². The first-order valence-electron chi connectivity index (χ1n) is 12.4. The number of rotatable bonds is 18. The van der Waals surface area contributed by atoms with Gasteiger partial charge >= 0.3 is 5.97 Å². The summed E-state index contributed by atoms with van der Waals surface area (Å²) >= 11 is 0. The Morgan fingerprint density at radius 1 is 1.00 bits per heavy atom. The molecular weight excluding hydrogens is 372 g/mol. The van der Waals surface area contributed by atoms with Gasteiger partial charge in [0, 0.05) is 18.7 Å². The van der Waals surface area contributed by atoms with E-state index in [-0.39, 0.29) is 0 Å². The average Bonchev–Trinajstić information content (AvgIpc) is 3.28. The third kappa shape index (κ3) is 18.4. The average molecular weight is 421 g/mol. The summed E-state index contributed by atoms with van der Waals surface area (Å²) < 4.78 is 0. The summed E-state index contributed by atoms with van der Waals surface area (Å²) in [6.45, 7) is 9.61. The van der Waals surface area contributed by atoms with Crippen LogP contribution in [-0.4, -0.2) is 41.4 Å². The molecule has 30 heavy (non-hydrogen) atoms. The molecule has 0 saturated carbocycles. The number of aliphatic imine (C=N–C) groups is 1. The van der Waals surface area contributed by atoms with E-state index in [1.54, 1.807) is 0 Å². The summed E-state index contributed by atoms with van der Waals surface area (Å²) in [5.41, 5.74) is 0. The van der Waals surface area contributed by atoms with Crippen molar-refractivity contribution in [2.45, 2.75) is 116 Å². The highest BCUT2D eigenvalue weighted by molar-refractivity contribution is 5.78. The Bertz CT molecular complexity index is 460. The monoisotopic (exact) mass is 420 g/mol. The van der Waals surface area contributed by atoms with Crippen LogP contribution in [0, 0.1) is 0 Å². The van der Waals surface area contributed by atoms with Crippen molar-refractivity contribution in [2.24, 2.45) is 4.99 Å². The maximum atomic E-state index is 9.25. The fourth-order valence-electron chi connectivity index (χ4n) is 3.67. The third-order valence-corrected chi connectivity index (χ3v) is 5.48. The van der Waals surface area contributed by atoms with Gasteiger partial charge in [-0.1, -0.05) is 110 Å². The van der Waals surface area contributed by atoms with Crippen LogP contribution in [0.4, 0.5) is 0 Å². The Morgan fingerprint density at radius 2 is 1.53 bits per heavy atom. The second-order valence-electron chi connectivity index (χ2n) is 8.26. The second-order valence-corrected chi connectivity index (χ2v) is 8.26. The Balaban J connectivity index is 0.00000150. The summed E-state index contributed by atoms with van der Waals surface area (Å²) in [7, 11) is 0. The number of allylic oxidation sites excluding steroid dienone is 1. The molecule has 0 saturated heterocycles. The SMILES string of the molecule is C=CC(=O)O.CCCCCCCCCCCCCCC=CC(CCC)N1C=NCC1. The van der Waals surface area contributed by atoms with Gasteiger partial charge in [0.05, 0.1) is 12.9 Å². The summed E-state index contributed by atoms with van der Waals surface area (Å²) in [6.07, 6.45) is 28.7. The maximum absolute atomic E-state index is 9.25. The Kier molecular flexibility index (Phi) is 20.9. The van der Waals surface area contributed by atoms with Gasteiger partial charge in [-0.3, -0.25) is 4.99 Å². The molecule has 0 bridgehead atoms. The quantitative estimate of drug-likeness (QED) is 0.143. The fourth-order valence-corrected chi connectivity index (χ4v) is 3.67. The first-order valence-corrected chi connectivity index (χ1v) is 12.4. The van der Waals surface area contributed by atoms with Crippen LogP contribution in [0.25, 0.3) is 0 Å². The van der Waals surface area contributed by atoms with Crippen molar-refractivity contribution in [1.82, 2.24) is 4.90 Å². The number of hydrogen-bond acceptors (Lipinski definition) is 3. The molecule has 0 spiro atoms. The van der Waals surface area contributed by atoms with Crippen LogP contribution in [-0.2, 0) is 4.79 Å². The van der Waals surface area contributed by atoms with E-state index in [0.717, 1.165) is 19.2 Å². The van der Waals surface area contributed by atoms with E-state index < -0.39 is 5.97 Å². The lowest BCUT2D eigenvalue weighted by Crippen LogP contribution is -2.31. The predicted molar refractivity (Wildman–Crippen MR) is 131 cm³/mol. The molecule has 4 heteroatoms. The number of unbranched alkanes of at least 4 members (excludes halogenated alkanes) is 12. The predicted octanol–water partition coefficient (Wildman–Crippen LogP) is 7.40. The summed E-state index contributed by atoms with van der Waals surface area (Å²) in [5, 5.41) is 7.60. The van der Waals surface area contributed by atoms with Gasteiger partial charge in [-0.2, -0.15) is 0 Å². The molecule has 1 aliphatic rings. The summed E-state index contributed by atoms with van der Waals surface area (Å²) in [4.78, 5) is 16.0. The number of aliphatic carboxylic acids is 1. The van der Waals surface area contributed by atoms with E-state index in [1.165, 1.54) is 96.3 Å². The molecule has 0 aliphatic carbocycles. The van der Waals surface area contributed by atoms with Gasteiger partial charge in [0.1, 0.15) is 0 Å². The Morgan fingerprint density at radius 3 is 1.97 bits per heavy atom. The van der Waals surface area contributed by atoms with Gasteiger partial charge in [0.2, 0.25) is 0 Å². The van der Waals surface area contributed by atoms with Crippen LogP contribution in [0.15, 0.2) is 29.8 Å². The number of nitrogens with zero attached hydrogens (tertiary/aromatic N) is 2. The molecule has 0 fully saturated rings. The number of carboxylic acids is 1.